The van der Waals surface area contributed by atoms with E-state index in [0.717, 1.165) is 6.42 Å². The van der Waals surface area contributed by atoms with E-state index in [0.29, 0.717) is 0 Å². The maximum absolute atomic E-state index is 3.36. The summed E-state index contributed by atoms with van der Waals surface area (Å²) in [6.45, 7) is 7.06. The molecule has 0 spiro atoms. The smallest absolute Gasteiger partial charge is 0.0393 e. The Kier molecular flexibility index (Phi) is 11.8. The minimum atomic E-state index is -1.01. The zero-order chi connectivity index (χ0) is 6.91. The largest absolute Gasteiger partial charge is 0.274 e. The van der Waals surface area contributed by atoms with Crippen LogP contribution in [0, 0.1) is 6.08 Å². The van der Waals surface area contributed by atoms with Gasteiger partial charge in [-0.25, -0.2) is 11.3 Å². The number of hydrogen-bond acceptors (Lipinski definition) is 0. The second-order valence-electron chi connectivity index (χ2n) is 3.45. The van der Waals surface area contributed by atoms with Crippen LogP contribution in [0.3, 0.4) is 0 Å². The fourth-order valence-electron chi connectivity index (χ4n) is 0.920. The fraction of sp³-hybridized carbons (Fsp3) is 0.500. The Balaban J connectivity index is -0.000000270. The second kappa shape index (κ2) is 7.54. The number of hydrogen-bond donors (Lipinski definition) is 0. The van der Waals surface area contributed by atoms with Crippen LogP contribution in [0.2, 0.25) is 19.6 Å². The van der Waals surface area contributed by atoms with Gasteiger partial charge in [0.15, 0.2) is 0 Å². The van der Waals surface area contributed by atoms with E-state index in [1.165, 1.54) is 5.20 Å². The van der Waals surface area contributed by atoms with Gasteiger partial charge in [0.05, 0.1) is 0 Å². The molecule has 0 amide bonds. The first-order valence-electron chi connectivity index (χ1n) is 3.38. The van der Waals surface area contributed by atoms with Gasteiger partial charge in [-0.15, -0.1) is 31.2 Å². The maximum Gasteiger partial charge on any atom is 0.0393 e. The van der Waals surface area contributed by atoms with E-state index in [4.69, 9.17) is 0 Å². The van der Waals surface area contributed by atoms with Crippen LogP contribution in [0.25, 0.3) is 0 Å². The molecule has 0 heterocycles. The van der Waals surface area contributed by atoms with E-state index in [1.54, 1.807) is 0 Å². The average Bonchev–Trinajstić information content (AvgIpc) is 2.08. The summed E-state index contributed by atoms with van der Waals surface area (Å²) in [6.07, 6.45) is 8.82. The molecular formula is C8H15Cl2HfSi-. The fourth-order valence-corrected chi connectivity index (χ4v) is 2.17. The van der Waals surface area contributed by atoms with Crippen molar-refractivity contribution in [2.24, 2.45) is 0 Å². The molecule has 1 rings (SSSR count). The van der Waals surface area contributed by atoms with Crippen LogP contribution in [0.1, 0.15) is 6.42 Å². The zero-order valence-electron chi connectivity index (χ0n) is 7.68. The molecule has 12 heavy (non-hydrogen) atoms. The third kappa shape index (κ3) is 5.73. The molecule has 0 fully saturated rings. The second-order valence-corrected chi connectivity index (χ2v) is 8.49. The van der Waals surface area contributed by atoms with Gasteiger partial charge in [0.1, 0.15) is 0 Å². The minimum absolute atomic E-state index is 0. The minimum Gasteiger partial charge on any atom is -0.274 e. The molecule has 0 unspecified atom stereocenters. The van der Waals surface area contributed by atoms with Crippen LogP contribution in [0.5, 0.6) is 0 Å². The van der Waals surface area contributed by atoms with Gasteiger partial charge >= 0.3 is 0 Å². The summed E-state index contributed by atoms with van der Waals surface area (Å²) in [5.41, 5.74) is 0. The first-order valence-corrected chi connectivity index (χ1v) is 6.88. The van der Waals surface area contributed by atoms with Crippen LogP contribution in [-0.2, 0) is 25.8 Å². The molecule has 0 N–H and O–H groups in total. The summed E-state index contributed by atoms with van der Waals surface area (Å²) < 4.78 is 0. The van der Waals surface area contributed by atoms with Gasteiger partial charge in [0.2, 0.25) is 0 Å². The van der Waals surface area contributed by atoms with Gasteiger partial charge < -0.3 is 0 Å². The molecule has 0 nitrogen and oxygen atoms in total. The molecule has 0 saturated heterocycles. The van der Waals surface area contributed by atoms with Crippen LogP contribution in [-0.4, -0.2) is 8.07 Å². The van der Waals surface area contributed by atoms with Gasteiger partial charge in [0, 0.05) is 33.9 Å². The summed E-state index contributed by atoms with van der Waals surface area (Å²) in [6, 6.07) is 0. The third-order valence-electron chi connectivity index (χ3n) is 1.50. The molecular weight excluding hydrogens is 374 g/mol. The Hall–Kier alpha value is 1.15. The van der Waals surface area contributed by atoms with E-state index < -0.39 is 8.07 Å². The van der Waals surface area contributed by atoms with Crippen molar-refractivity contribution in [3.05, 3.63) is 23.4 Å². The van der Waals surface area contributed by atoms with Crippen LogP contribution in [0.15, 0.2) is 17.3 Å². The van der Waals surface area contributed by atoms with E-state index in [9.17, 15) is 0 Å². The Morgan fingerprint density at radius 3 is 1.92 bits per heavy atom. The third-order valence-corrected chi connectivity index (χ3v) is 3.46. The summed E-state index contributed by atoms with van der Waals surface area (Å²) in [7, 11) is -1.01. The molecule has 0 aromatic heterocycles. The van der Waals surface area contributed by atoms with E-state index in [-0.39, 0.29) is 50.7 Å². The molecule has 0 aromatic carbocycles. The summed E-state index contributed by atoms with van der Waals surface area (Å²) in [5.74, 6) is 0. The van der Waals surface area contributed by atoms with Gasteiger partial charge in [-0.1, -0.05) is 19.6 Å². The first-order chi connectivity index (χ1) is 4.11. The number of rotatable bonds is 1. The number of halogens is 2. The van der Waals surface area contributed by atoms with Gasteiger partial charge in [-0.3, -0.25) is 6.08 Å². The summed E-state index contributed by atoms with van der Waals surface area (Å²) >= 11 is 0. The monoisotopic (exact) mass is 389 g/mol. The van der Waals surface area contributed by atoms with Gasteiger partial charge in [-0.2, -0.15) is 6.08 Å². The molecule has 0 aromatic rings. The molecule has 0 atom stereocenters. The van der Waals surface area contributed by atoms with Crippen molar-refractivity contribution in [2.75, 3.05) is 0 Å². The molecule has 70 valence electrons. The van der Waals surface area contributed by atoms with Crippen molar-refractivity contribution < 1.29 is 25.8 Å². The summed E-state index contributed by atoms with van der Waals surface area (Å²) in [5, 5.41) is 1.49. The Morgan fingerprint density at radius 2 is 1.75 bits per heavy atom. The Morgan fingerprint density at radius 1 is 1.25 bits per heavy atom. The molecule has 0 saturated carbocycles. The predicted molar refractivity (Wildman–Crippen MR) is 58.4 cm³/mol. The number of allylic oxidation sites excluding steroid dienone is 4. The Bertz CT molecular complexity index is 170. The van der Waals surface area contributed by atoms with Crippen molar-refractivity contribution >= 4 is 32.9 Å². The van der Waals surface area contributed by atoms with Crippen molar-refractivity contribution in [1.29, 1.82) is 0 Å². The van der Waals surface area contributed by atoms with Crippen LogP contribution >= 0.6 is 24.8 Å². The topological polar surface area (TPSA) is 0 Å². The molecule has 0 bridgehead atoms. The Labute approximate surface area is 108 Å². The predicted octanol–water partition coefficient (Wildman–Crippen LogP) is 3.39. The van der Waals surface area contributed by atoms with E-state index >= 15 is 0 Å². The average molecular weight is 389 g/mol. The summed E-state index contributed by atoms with van der Waals surface area (Å²) in [4.78, 5) is 0. The van der Waals surface area contributed by atoms with Crippen LogP contribution < -0.4 is 0 Å². The SMILES string of the molecule is C[Si](C)(C)C1=[C-]CC=C1.Cl.Cl.[Hf]. The molecule has 1 aliphatic rings. The first kappa shape index (κ1) is 18.8. The van der Waals surface area contributed by atoms with E-state index in [1.807, 2.05) is 0 Å². The van der Waals surface area contributed by atoms with Crippen molar-refractivity contribution in [2.45, 2.75) is 26.1 Å². The molecule has 0 radical (unpaired) electrons. The quantitative estimate of drug-likeness (QED) is 0.477. The molecule has 4 heteroatoms. The molecule has 0 aliphatic heterocycles. The maximum atomic E-state index is 3.36. The zero-order valence-corrected chi connectivity index (χ0v) is 13.9. The van der Waals surface area contributed by atoms with Crippen molar-refractivity contribution in [1.82, 2.24) is 0 Å². The standard InChI is InChI=1S/C8H13Si.2ClH.Hf/c1-9(2,3)8-6-4-5-7-8;;;/h4,6H,5H2,1-3H3;2*1H;/q-1;;;. The van der Waals surface area contributed by atoms with E-state index in [2.05, 4.69) is 37.9 Å². The van der Waals surface area contributed by atoms with Gasteiger partial charge in [-0.05, 0) is 0 Å². The van der Waals surface area contributed by atoms with Crippen molar-refractivity contribution in [3.8, 4) is 0 Å². The normalized spacial score (nSPS) is 13.8. The van der Waals surface area contributed by atoms with Gasteiger partial charge in [0.25, 0.3) is 0 Å². The molecule has 1 aliphatic carbocycles. The van der Waals surface area contributed by atoms with Crippen molar-refractivity contribution in [3.63, 3.8) is 0 Å². The van der Waals surface area contributed by atoms with Crippen LogP contribution in [0.4, 0.5) is 0 Å².